The van der Waals surface area contributed by atoms with Gasteiger partial charge in [-0.2, -0.15) is 0 Å². The summed E-state index contributed by atoms with van der Waals surface area (Å²) >= 11 is 0. The molecule has 0 heterocycles. The molecule has 3 aromatic rings. The molecule has 0 radical (unpaired) electrons. The van der Waals surface area contributed by atoms with Crippen molar-refractivity contribution in [3.05, 3.63) is 36.4 Å². The number of nitrogens with zero attached hydrogens (tertiary/aromatic N) is 1. The van der Waals surface area contributed by atoms with Crippen LogP contribution in [0, 0.1) is 0 Å². The number of fused-ring (bicyclic) bond motifs is 2. The molecule has 0 spiro atoms. The van der Waals surface area contributed by atoms with Gasteiger partial charge in [0.15, 0.2) is 0 Å². The summed E-state index contributed by atoms with van der Waals surface area (Å²) in [7, 11) is 6.34. The summed E-state index contributed by atoms with van der Waals surface area (Å²) in [5.74, 6) is 0.391. The van der Waals surface area contributed by atoms with Crippen LogP contribution in [0.3, 0.4) is 0 Å². The van der Waals surface area contributed by atoms with Crippen LogP contribution in [0.15, 0.2) is 36.4 Å². The number of hydrogen-bond acceptors (Lipinski definition) is 4. The maximum absolute atomic E-state index is 11.0. The average molecular weight is 383 g/mol. The monoisotopic (exact) mass is 382 g/mol. The molecular formula is C23H32N3O2+. The van der Waals surface area contributed by atoms with Crippen LogP contribution in [-0.4, -0.2) is 55.5 Å². The Morgan fingerprint density at radius 2 is 1.43 bits per heavy atom. The maximum atomic E-state index is 11.0. The van der Waals surface area contributed by atoms with E-state index in [1.807, 2.05) is 43.4 Å². The third-order valence-corrected chi connectivity index (χ3v) is 5.47. The molecule has 5 heteroatoms. The number of aromatic hydroxyl groups is 2. The van der Waals surface area contributed by atoms with Crippen LogP contribution < -0.4 is 10.6 Å². The van der Waals surface area contributed by atoms with Gasteiger partial charge in [-0.1, -0.05) is 31.2 Å². The quantitative estimate of drug-likeness (QED) is 0.197. The topological polar surface area (TPSA) is 64.5 Å². The lowest BCUT2D eigenvalue weighted by Gasteiger charge is -2.29. The lowest BCUT2D eigenvalue weighted by Crippen LogP contribution is -2.41. The Kier molecular flexibility index (Phi) is 5.84. The van der Waals surface area contributed by atoms with Crippen molar-refractivity contribution in [3.63, 3.8) is 0 Å². The normalized spacial score (nSPS) is 11.9. The van der Waals surface area contributed by atoms with E-state index in [0.717, 1.165) is 35.4 Å². The zero-order valence-corrected chi connectivity index (χ0v) is 17.3. The second-order valence-electron chi connectivity index (χ2n) is 8.07. The molecule has 0 aliphatic carbocycles. The minimum absolute atomic E-state index is 0.192. The molecule has 28 heavy (non-hydrogen) atoms. The fourth-order valence-electron chi connectivity index (χ4n) is 4.06. The van der Waals surface area contributed by atoms with Crippen molar-refractivity contribution in [1.29, 1.82) is 0 Å². The predicted molar refractivity (Wildman–Crippen MR) is 120 cm³/mol. The third-order valence-electron chi connectivity index (χ3n) is 5.47. The van der Waals surface area contributed by atoms with Gasteiger partial charge in [0.05, 0.1) is 38.0 Å². The summed E-state index contributed by atoms with van der Waals surface area (Å²) in [5.41, 5.74) is 1.63. The lowest BCUT2D eigenvalue weighted by molar-refractivity contribution is -0.890. The largest absolute Gasteiger partial charge is 0.507 e. The van der Waals surface area contributed by atoms with Gasteiger partial charge in [-0.3, -0.25) is 0 Å². The van der Waals surface area contributed by atoms with Crippen LogP contribution in [0.2, 0.25) is 0 Å². The Balaban J connectivity index is 1.98. The maximum Gasteiger partial charge on any atom is 0.133 e. The Morgan fingerprint density at radius 3 is 2.00 bits per heavy atom. The zero-order valence-electron chi connectivity index (χ0n) is 17.3. The molecule has 150 valence electrons. The first kappa shape index (κ1) is 20.1. The number of rotatable bonds is 8. The first-order valence-electron chi connectivity index (χ1n) is 10.0. The number of benzene rings is 3. The van der Waals surface area contributed by atoms with Crippen LogP contribution in [0.1, 0.15) is 19.8 Å². The van der Waals surface area contributed by atoms with Gasteiger partial charge >= 0.3 is 0 Å². The molecule has 3 aromatic carbocycles. The molecule has 0 fully saturated rings. The Morgan fingerprint density at radius 1 is 0.857 bits per heavy atom. The molecule has 3 rings (SSSR count). The smallest absolute Gasteiger partial charge is 0.133 e. The molecule has 0 aromatic heterocycles. The van der Waals surface area contributed by atoms with Crippen molar-refractivity contribution >= 4 is 32.9 Å². The van der Waals surface area contributed by atoms with Gasteiger partial charge in [-0.05, 0) is 18.6 Å². The molecule has 0 bridgehead atoms. The Labute approximate surface area is 167 Å². The van der Waals surface area contributed by atoms with E-state index < -0.39 is 0 Å². The fourth-order valence-corrected chi connectivity index (χ4v) is 4.06. The van der Waals surface area contributed by atoms with E-state index >= 15 is 0 Å². The predicted octanol–water partition coefficient (Wildman–Crippen LogP) is 4.73. The Bertz CT molecular complexity index is 983. The molecule has 0 aliphatic rings. The summed E-state index contributed by atoms with van der Waals surface area (Å²) in [6.07, 6.45) is 2.21. The van der Waals surface area contributed by atoms with Gasteiger partial charge in [0.25, 0.3) is 0 Å². The lowest BCUT2D eigenvalue weighted by atomic mass is 9.98. The van der Waals surface area contributed by atoms with Gasteiger partial charge in [-0.15, -0.1) is 0 Å². The van der Waals surface area contributed by atoms with Crippen LogP contribution in [0.5, 0.6) is 11.5 Å². The summed E-state index contributed by atoms with van der Waals surface area (Å²) in [6.45, 7) is 5.29. The highest BCUT2D eigenvalue weighted by molar-refractivity contribution is 6.18. The van der Waals surface area contributed by atoms with Gasteiger partial charge in [0.1, 0.15) is 11.5 Å². The van der Waals surface area contributed by atoms with E-state index in [1.165, 1.54) is 13.0 Å². The van der Waals surface area contributed by atoms with E-state index in [-0.39, 0.29) is 11.5 Å². The van der Waals surface area contributed by atoms with Gasteiger partial charge in [-0.25, -0.2) is 0 Å². The van der Waals surface area contributed by atoms with Gasteiger partial charge in [0.2, 0.25) is 0 Å². The second-order valence-corrected chi connectivity index (χ2v) is 8.07. The second kappa shape index (κ2) is 8.15. The van der Waals surface area contributed by atoms with Crippen molar-refractivity contribution in [1.82, 2.24) is 0 Å². The first-order valence-corrected chi connectivity index (χ1v) is 10.0. The first-order chi connectivity index (χ1) is 13.4. The molecule has 0 atom stereocenters. The third kappa shape index (κ3) is 3.80. The molecule has 0 aliphatic heterocycles. The van der Waals surface area contributed by atoms with Crippen molar-refractivity contribution in [2.75, 3.05) is 51.4 Å². The summed E-state index contributed by atoms with van der Waals surface area (Å²) < 4.78 is 1.01. The van der Waals surface area contributed by atoms with Crippen molar-refractivity contribution in [2.24, 2.45) is 0 Å². The number of anilines is 2. The number of phenols is 2. The molecule has 4 N–H and O–H groups in total. The van der Waals surface area contributed by atoms with Crippen molar-refractivity contribution in [3.8, 4) is 11.5 Å². The number of hydrogen-bond donors (Lipinski definition) is 4. The highest BCUT2D eigenvalue weighted by Crippen LogP contribution is 2.47. The van der Waals surface area contributed by atoms with Gasteiger partial charge in [0, 0.05) is 42.2 Å². The molecule has 0 saturated carbocycles. The summed E-state index contributed by atoms with van der Waals surface area (Å²) in [5, 5.41) is 31.2. The molecular weight excluding hydrogens is 350 g/mol. The van der Waals surface area contributed by atoms with Crippen LogP contribution >= 0.6 is 0 Å². The van der Waals surface area contributed by atoms with Crippen LogP contribution in [0.4, 0.5) is 11.4 Å². The average Bonchev–Trinajstić information content (AvgIpc) is 2.68. The van der Waals surface area contributed by atoms with Crippen LogP contribution in [0.25, 0.3) is 21.5 Å². The molecule has 0 amide bonds. The van der Waals surface area contributed by atoms with E-state index in [2.05, 4.69) is 31.7 Å². The summed E-state index contributed by atoms with van der Waals surface area (Å²) in [4.78, 5) is 0. The number of phenolic OH excluding ortho intramolecular Hbond substituents is 2. The molecule has 0 unspecified atom stereocenters. The van der Waals surface area contributed by atoms with Crippen molar-refractivity contribution < 1.29 is 14.7 Å². The minimum atomic E-state index is 0.192. The van der Waals surface area contributed by atoms with E-state index in [4.69, 9.17) is 0 Å². The SMILES string of the molecule is CCC[N+](C)(C)CCCNc1ccc(NC)c2c(O)c3ccccc3c(O)c12. The highest BCUT2D eigenvalue weighted by atomic mass is 16.3. The zero-order chi connectivity index (χ0) is 20.3. The van der Waals surface area contributed by atoms with E-state index in [1.54, 1.807) is 0 Å². The molecule has 0 saturated heterocycles. The Hall–Kier alpha value is -2.66. The van der Waals surface area contributed by atoms with E-state index in [9.17, 15) is 10.2 Å². The summed E-state index contributed by atoms with van der Waals surface area (Å²) in [6, 6.07) is 11.3. The standard InChI is InChI=1S/C23H31N3O2/c1-5-14-26(3,4)15-8-13-25-19-12-11-18(24-2)20-21(19)23(28)17-10-7-6-9-16(17)22(20)27/h6-7,9-12,24-25H,5,8,13-15H2,1-4H3,(H-,27,28)/p+1. The minimum Gasteiger partial charge on any atom is -0.507 e. The molecule has 5 nitrogen and oxygen atoms in total. The fraction of sp³-hybridized carbons (Fsp3) is 0.391. The van der Waals surface area contributed by atoms with Gasteiger partial charge < -0.3 is 25.3 Å². The van der Waals surface area contributed by atoms with Crippen LogP contribution in [-0.2, 0) is 0 Å². The number of quaternary nitrogens is 1. The van der Waals surface area contributed by atoms with E-state index in [0.29, 0.717) is 21.5 Å². The highest BCUT2D eigenvalue weighted by Gasteiger charge is 2.19. The number of nitrogens with one attached hydrogen (secondary N) is 2. The van der Waals surface area contributed by atoms with Crippen molar-refractivity contribution in [2.45, 2.75) is 19.8 Å².